The number of aryl methyl sites for hydroxylation is 1. The van der Waals surface area contributed by atoms with Crippen LogP contribution in [0.2, 0.25) is 0 Å². The molecule has 0 radical (unpaired) electrons. The Morgan fingerprint density at radius 3 is 2.87 bits per heavy atom. The van der Waals surface area contributed by atoms with Gasteiger partial charge < -0.3 is 0 Å². The number of piperidine rings is 1. The van der Waals surface area contributed by atoms with Crippen molar-refractivity contribution in [2.24, 2.45) is 7.05 Å². The van der Waals surface area contributed by atoms with E-state index in [1.807, 2.05) is 19.3 Å². The van der Waals surface area contributed by atoms with Gasteiger partial charge in [-0.25, -0.2) is 17.1 Å². The van der Waals surface area contributed by atoms with Crippen LogP contribution in [0.5, 0.6) is 0 Å². The molecule has 0 spiro atoms. The summed E-state index contributed by atoms with van der Waals surface area (Å²) in [5.41, 5.74) is 1.41. The maximum absolute atomic E-state index is 13.3. The van der Waals surface area contributed by atoms with E-state index in [2.05, 4.69) is 5.10 Å². The van der Waals surface area contributed by atoms with Crippen LogP contribution in [-0.4, -0.2) is 35.6 Å². The number of rotatable bonds is 4. The second-order valence-corrected chi connectivity index (χ2v) is 7.97. The van der Waals surface area contributed by atoms with Crippen molar-refractivity contribution in [3.05, 3.63) is 53.6 Å². The summed E-state index contributed by atoms with van der Waals surface area (Å²) in [5.74, 6) is -0.463. The van der Waals surface area contributed by atoms with Crippen LogP contribution in [0.1, 0.15) is 30.0 Å². The fraction of sp³-hybridized carbons (Fsp3) is 0.438. The highest BCUT2D eigenvalue weighted by atomic mass is 32.2. The summed E-state index contributed by atoms with van der Waals surface area (Å²) in [6, 6.07) is 7.70. The van der Waals surface area contributed by atoms with E-state index in [9.17, 15) is 12.8 Å². The van der Waals surface area contributed by atoms with E-state index in [1.165, 1.54) is 22.5 Å². The van der Waals surface area contributed by atoms with Gasteiger partial charge in [-0.05, 0) is 36.6 Å². The molecule has 0 bridgehead atoms. The van der Waals surface area contributed by atoms with Gasteiger partial charge in [0, 0.05) is 32.3 Å². The first-order chi connectivity index (χ1) is 10.9. The monoisotopic (exact) mass is 337 g/mol. The summed E-state index contributed by atoms with van der Waals surface area (Å²) in [6.45, 7) is 0.954. The van der Waals surface area contributed by atoms with Crippen LogP contribution < -0.4 is 0 Å². The van der Waals surface area contributed by atoms with Crippen molar-refractivity contribution in [3.8, 4) is 0 Å². The summed E-state index contributed by atoms with van der Waals surface area (Å²) >= 11 is 0. The molecule has 0 aliphatic carbocycles. The van der Waals surface area contributed by atoms with Gasteiger partial charge in [-0.3, -0.25) is 4.68 Å². The number of hydrogen-bond acceptors (Lipinski definition) is 3. The molecular formula is C16H20FN3O2S. The summed E-state index contributed by atoms with van der Waals surface area (Å²) in [5, 5.41) is 4.39. The van der Waals surface area contributed by atoms with Crippen LogP contribution in [0, 0.1) is 5.82 Å². The molecule has 1 aliphatic rings. The van der Waals surface area contributed by atoms with Gasteiger partial charge in [-0.15, -0.1) is 0 Å². The maximum atomic E-state index is 13.3. The lowest BCUT2D eigenvalue weighted by Gasteiger charge is -2.31. The molecule has 5 nitrogen and oxygen atoms in total. The molecule has 124 valence electrons. The second-order valence-electron chi connectivity index (χ2n) is 6.00. The topological polar surface area (TPSA) is 55.2 Å². The molecule has 0 N–H and O–H groups in total. The number of aromatic nitrogens is 2. The second kappa shape index (κ2) is 6.41. The Kier molecular flexibility index (Phi) is 4.50. The molecule has 1 atom stereocenters. The lowest BCUT2D eigenvalue weighted by molar-refractivity contribution is 0.311. The smallest absolute Gasteiger partial charge is 0.218 e. The fourth-order valence-corrected chi connectivity index (χ4v) is 4.61. The fourth-order valence-electron chi connectivity index (χ4n) is 3.02. The van der Waals surface area contributed by atoms with Crippen LogP contribution in [0.25, 0.3) is 0 Å². The van der Waals surface area contributed by atoms with Crippen molar-refractivity contribution in [1.82, 2.24) is 14.1 Å². The van der Waals surface area contributed by atoms with Gasteiger partial charge in [0.15, 0.2) is 0 Å². The molecule has 1 unspecified atom stereocenters. The van der Waals surface area contributed by atoms with E-state index >= 15 is 0 Å². The number of nitrogens with zero attached hydrogens (tertiary/aromatic N) is 3. The zero-order valence-electron chi connectivity index (χ0n) is 13.0. The van der Waals surface area contributed by atoms with Crippen molar-refractivity contribution < 1.29 is 12.8 Å². The zero-order valence-corrected chi connectivity index (χ0v) is 13.8. The van der Waals surface area contributed by atoms with Gasteiger partial charge in [0.1, 0.15) is 5.82 Å². The molecule has 0 amide bonds. The predicted molar refractivity (Wildman–Crippen MR) is 85.8 cm³/mol. The Bertz CT molecular complexity index is 788. The first-order valence-corrected chi connectivity index (χ1v) is 9.27. The van der Waals surface area contributed by atoms with Crippen LogP contribution in [0.3, 0.4) is 0 Å². The SMILES string of the molecule is Cn1ccc(C2CCCN(S(=O)(=O)Cc3cccc(F)c3)C2)n1. The first kappa shape index (κ1) is 16.1. The van der Waals surface area contributed by atoms with Crippen molar-refractivity contribution in [2.75, 3.05) is 13.1 Å². The highest BCUT2D eigenvalue weighted by molar-refractivity contribution is 7.88. The molecule has 1 fully saturated rings. The summed E-state index contributed by atoms with van der Waals surface area (Å²) in [7, 11) is -1.60. The average Bonchev–Trinajstić information content (AvgIpc) is 2.94. The molecule has 1 aromatic heterocycles. The number of benzene rings is 1. The third-order valence-electron chi connectivity index (χ3n) is 4.17. The standard InChI is InChI=1S/C16H20FN3O2S/c1-19-9-7-16(18-19)14-5-3-8-20(11-14)23(21,22)12-13-4-2-6-15(17)10-13/h2,4,6-7,9-10,14H,3,5,8,11-12H2,1H3. The van der Waals surface area contributed by atoms with Gasteiger partial charge in [0.25, 0.3) is 0 Å². The van der Waals surface area contributed by atoms with Crippen LogP contribution in [0.4, 0.5) is 4.39 Å². The van der Waals surface area contributed by atoms with Crippen LogP contribution >= 0.6 is 0 Å². The number of sulfonamides is 1. The Labute approximate surface area is 135 Å². The molecule has 2 aromatic rings. The summed E-state index contributed by atoms with van der Waals surface area (Å²) < 4.78 is 41.8. The van der Waals surface area contributed by atoms with Crippen molar-refractivity contribution in [2.45, 2.75) is 24.5 Å². The molecule has 3 rings (SSSR count). The number of hydrogen-bond donors (Lipinski definition) is 0. The minimum absolute atomic E-state index is 0.118. The summed E-state index contributed by atoms with van der Waals surface area (Å²) in [6.07, 6.45) is 3.61. The highest BCUT2D eigenvalue weighted by Gasteiger charge is 2.30. The van der Waals surface area contributed by atoms with Gasteiger partial charge in [-0.2, -0.15) is 5.10 Å². The van der Waals surface area contributed by atoms with E-state index in [0.717, 1.165) is 18.5 Å². The molecule has 7 heteroatoms. The first-order valence-electron chi connectivity index (χ1n) is 7.66. The Morgan fingerprint density at radius 1 is 1.35 bits per heavy atom. The van der Waals surface area contributed by atoms with Crippen LogP contribution in [-0.2, 0) is 22.8 Å². The predicted octanol–water partition coefficient (Wildman–Crippen LogP) is 2.27. The van der Waals surface area contributed by atoms with E-state index in [0.29, 0.717) is 18.7 Å². The zero-order chi connectivity index (χ0) is 16.4. The molecule has 23 heavy (non-hydrogen) atoms. The minimum atomic E-state index is -3.46. The quantitative estimate of drug-likeness (QED) is 0.860. The molecule has 1 aliphatic heterocycles. The van der Waals surface area contributed by atoms with Gasteiger partial charge in [-0.1, -0.05) is 12.1 Å². The van der Waals surface area contributed by atoms with Crippen molar-refractivity contribution in [3.63, 3.8) is 0 Å². The minimum Gasteiger partial charge on any atom is -0.276 e. The van der Waals surface area contributed by atoms with Crippen LogP contribution in [0.15, 0.2) is 36.5 Å². The van der Waals surface area contributed by atoms with Gasteiger partial charge >= 0.3 is 0 Å². The Morgan fingerprint density at radius 2 is 2.17 bits per heavy atom. The van der Waals surface area contributed by atoms with Crippen molar-refractivity contribution in [1.29, 1.82) is 0 Å². The average molecular weight is 337 g/mol. The molecule has 2 heterocycles. The lowest BCUT2D eigenvalue weighted by Crippen LogP contribution is -2.39. The third-order valence-corrected chi connectivity index (χ3v) is 5.98. The number of halogens is 1. The van der Waals surface area contributed by atoms with E-state index in [4.69, 9.17) is 0 Å². The molecule has 1 aromatic carbocycles. The largest absolute Gasteiger partial charge is 0.276 e. The van der Waals surface area contributed by atoms with E-state index < -0.39 is 15.8 Å². The summed E-state index contributed by atoms with van der Waals surface area (Å²) in [4.78, 5) is 0. The van der Waals surface area contributed by atoms with Crippen molar-refractivity contribution >= 4 is 10.0 Å². The normalized spacial score (nSPS) is 19.8. The maximum Gasteiger partial charge on any atom is 0.218 e. The van der Waals surface area contributed by atoms with E-state index in [1.54, 1.807) is 10.7 Å². The van der Waals surface area contributed by atoms with Gasteiger partial charge in [0.2, 0.25) is 10.0 Å². The lowest BCUT2D eigenvalue weighted by atomic mass is 9.96. The highest BCUT2D eigenvalue weighted by Crippen LogP contribution is 2.28. The Hall–Kier alpha value is -1.73. The molecule has 0 saturated carbocycles. The molecule has 1 saturated heterocycles. The van der Waals surface area contributed by atoms with E-state index in [-0.39, 0.29) is 11.7 Å². The molecular weight excluding hydrogens is 317 g/mol. The third kappa shape index (κ3) is 3.79. The Balaban J connectivity index is 1.74. The van der Waals surface area contributed by atoms with Gasteiger partial charge in [0.05, 0.1) is 11.4 Å².